The summed E-state index contributed by atoms with van der Waals surface area (Å²) in [6.45, 7) is -0.899. The predicted molar refractivity (Wildman–Crippen MR) is 69.0 cm³/mol. The molecule has 0 atom stereocenters. The van der Waals surface area contributed by atoms with Gasteiger partial charge >= 0.3 is 6.61 Å². The Morgan fingerprint density at radius 3 is 2.83 bits per heavy atom. The molecule has 102 valence electrons. The van der Waals surface area contributed by atoms with Crippen LogP contribution in [0.5, 0.6) is 5.75 Å². The average Bonchev–Trinajstić information content (AvgIpc) is 2.31. The van der Waals surface area contributed by atoms with Crippen molar-refractivity contribution < 1.29 is 18.3 Å². The molecule has 0 aromatic heterocycles. The molecule has 0 spiro atoms. The summed E-state index contributed by atoms with van der Waals surface area (Å²) in [5, 5.41) is 3.15. The molecule has 1 rings (SSSR count). The van der Waals surface area contributed by atoms with E-state index in [0.717, 1.165) is 17.4 Å². The SMILES string of the molecule is COCCCNCc1cc(Br)ccc1OC(F)F. The van der Waals surface area contributed by atoms with E-state index < -0.39 is 6.61 Å². The first-order valence-corrected chi connectivity index (χ1v) is 6.35. The minimum Gasteiger partial charge on any atom is -0.434 e. The molecule has 0 aliphatic rings. The highest BCUT2D eigenvalue weighted by atomic mass is 79.9. The van der Waals surface area contributed by atoms with E-state index in [1.165, 1.54) is 6.07 Å². The second kappa shape index (κ2) is 8.39. The highest BCUT2D eigenvalue weighted by molar-refractivity contribution is 9.10. The molecule has 0 unspecified atom stereocenters. The Labute approximate surface area is 114 Å². The van der Waals surface area contributed by atoms with E-state index in [0.29, 0.717) is 18.7 Å². The fourth-order valence-corrected chi connectivity index (χ4v) is 1.87. The summed E-state index contributed by atoms with van der Waals surface area (Å²) in [5.41, 5.74) is 0.696. The van der Waals surface area contributed by atoms with E-state index >= 15 is 0 Å². The number of halogens is 3. The van der Waals surface area contributed by atoms with Gasteiger partial charge in [-0.05, 0) is 31.2 Å². The molecule has 0 heterocycles. The van der Waals surface area contributed by atoms with Gasteiger partial charge in [0.2, 0.25) is 0 Å². The van der Waals surface area contributed by atoms with Crippen LogP contribution in [0.15, 0.2) is 22.7 Å². The normalized spacial score (nSPS) is 10.9. The zero-order chi connectivity index (χ0) is 13.4. The first-order valence-electron chi connectivity index (χ1n) is 5.56. The number of hydrogen-bond donors (Lipinski definition) is 1. The average molecular weight is 324 g/mol. The van der Waals surface area contributed by atoms with Crippen molar-refractivity contribution in [1.29, 1.82) is 0 Å². The maximum atomic E-state index is 12.2. The smallest absolute Gasteiger partial charge is 0.387 e. The van der Waals surface area contributed by atoms with Crippen LogP contribution >= 0.6 is 15.9 Å². The molecule has 6 heteroatoms. The van der Waals surface area contributed by atoms with Gasteiger partial charge in [-0.1, -0.05) is 15.9 Å². The van der Waals surface area contributed by atoms with Gasteiger partial charge in [-0.15, -0.1) is 0 Å². The minimum atomic E-state index is -2.81. The molecular formula is C12H16BrF2NO2. The molecule has 0 aliphatic carbocycles. The summed E-state index contributed by atoms with van der Waals surface area (Å²) in [5.74, 6) is 0.201. The van der Waals surface area contributed by atoms with Gasteiger partial charge in [0.05, 0.1) is 0 Å². The molecule has 1 aromatic rings. The van der Waals surface area contributed by atoms with Crippen LogP contribution in [0, 0.1) is 0 Å². The standard InChI is InChI=1S/C12H16BrF2NO2/c1-17-6-2-5-16-8-9-7-10(13)3-4-11(9)18-12(14)15/h3-4,7,12,16H,2,5-6,8H2,1H3. The Bertz CT molecular complexity index is 364. The number of rotatable bonds is 8. The fraction of sp³-hybridized carbons (Fsp3) is 0.500. The summed E-state index contributed by atoms with van der Waals surface area (Å²) < 4.78 is 34.6. The largest absolute Gasteiger partial charge is 0.434 e. The van der Waals surface area contributed by atoms with Gasteiger partial charge in [-0.25, -0.2) is 0 Å². The van der Waals surface area contributed by atoms with Gasteiger partial charge in [0, 0.05) is 30.3 Å². The lowest BCUT2D eigenvalue weighted by atomic mass is 10.2. The highest BCUT2D eigenvalue weighted by Gasteiger charge is 2.09. The molecular weight excluding hydrogens is 308 g/mol. The molecule has 0 radical (unpaired) electrons. The lowest BCUT2D eigenvalue weighted by molar-refractivity contribution is -0.0505. The van der Waals surface area contributed by atoms with Crippen molar-refractivity contribution in [3.05, 3.63) is 28.2 Å². The maximum Gasteiger partial charge on any atom is 0.387 e. The van der Waals surface area contributed by atoms with Crippen molar-refractivity contribution in [2.75, 3.05) is 20.3 Å². The van der Waals surface area contributed by atoms with Gasteiger partial charge in [0.25, 0.3) is 0 Å². The molecule has 0 saturated heterocycles. The lowest BCUT2D eigenvalue weighted by Gasteiger charge is -2.12. The Balaban J connectivity index is 2.53. The van der Waals surface area contributed by atoms with Gasteiger partial charge < -0.3 is 14.8 Å². The van der Waals surface area contributed by atoms with Gasteiger partial charge in [0.1, 0.15) is 5.75 Å². The molecule has 0 aliphatic heterocycles. The van der Waals surface area contributed by atoms with E-state index in [-0.39, 0.29) is 5.75 Å². The summed E-state index contributed by atoms with van der Waals surface area (Å²) in [4.78, 5) is 0. The number of hydrogen-bond acceptors (Lipinski definition) is 3. The lowest BCUT2D eigenvalue weighted by Crippen LogP contribution is -2.17. The van der Waals surface area contributed by atoms with Crippen LogP contribution in [0.2, 0.25) is 0 Å². The van der Waals surface area contributed by atoms with Crippen LogP contribution in [0.4, 0.5) is 8.78 Å². The zero-order valence-corrected chi connectivity index (χ0v) is 11.7. The van der Waals surface area contributed by atoms with Crippen molar-refractivity contribution in [3.8, 4) is 5.75 Å². The second-order valence-electron chi connectivity index (χ2n) is 3.65. The molecule has 1 N–H and O–H groups in total. The molecule has 0 fully saturated rings. The van der Waals surface area contributed by atoms with Crippen LogP contribution in [-0.2, 0) is 11.3 Å². The van der Waals surface area contributed by atoms with E-state index in [4.69, 9.17) is 4.74 Å². The summed E-state index contributed by atoms with van der Waals surface area (Å²) in [6.07, 6.45) is 0.871. The number of alkyl halides is 2. The molecule has 1 aromatic carbocycles. The third-order valence-electron chi connectivity index (χ3n) is 2.26. The minimum absolute atomic E-state index is 0.201. The molecule has 0 saturated carbocycles. The third kappa shape index (κ3) is 5.75. The number of benzene rings is 1. The topological polar surface area (TPSA) is 30.5 Å². The number of nitrogens with one attached hydrogen (secondary N) is 1. The first-order chi connectivity index (χ1) is 8.63. The Kier molecular flexibility index (Phi) is 7.15. The van der Waals surface area contributed by atoms with Crippen molar-refractivity contribution in [2.45, 2.75) is 19.6 Å². The van der Waals surface area contributed by atoms with Gasteiger partial charge in [0.15, 0.2) is 0 Å². The van der Waals surface area contributed by atoms with E-state index in [9.17, 15) is 8.78 Å². The van der Waals surface area contributed by atoms with E-state index in [1.807, 2.05) is 0 Å². The molecule has 0 bridgehead atoms. The van der Waals surface area contributed by atoms with E-state index in [1.54, 1.807) is 19.2 Å². The summed E-state index contributed by atoms with van der Waals surface area (Å²) in [7, 11) is 1.64. The van der Waals surface area contributed by atoms with Crippen molar-refractivity contribution in [3.63, 3.8) is 0 Å². The van der Waals surface area contributed by atoms with E-state index in [2.05, 4.69) is 26.0 Å². The zero-order valence-electron chi connectivity index (χ0n) is 10.1. The van der Waals surface area contributed by atoms with Crippen molar-refractivity contribution in [1.82, 2.24) is 5.32 Å². The second-order valence-corrected chi connectivity index (χ2v) is 4.57. The first kappa shape index (κ1) is 15.3. The van der Waals surface area contributed by atoms with Crippen LogP contribution in [-0.4, -0.2) is 26.9 Å². The molecule has 18 heavy (non-hydrogen) atoms. The molecule has 3 nitrogen and oxygen atoms in total. The monoisotopic (exact) mass is 323 g/mol. The Hall–Kier alpha value is -0.720. The van der Waals surface area contributed by atoms with Gasteiger partial charge in [-0.3, -0.25) is 0 Å². The molecule has 0 amide bonds. The quantitative estimate of drug-likeness (QED) is 0.745. The van der Waals surface area contributed by atoms with Crippen LogP contribution < -0.4 is 10.1 Å². The van der Waals surface area contributed by atoms with Crippen molar-refractivity contribution >= 4 is 15.9 Å². The number of methoxy groups -OCH3 is 1. The fourth-order valence-electron chi connectivity index (χ4n) is 1.46. The summed E-state index contributed by atoms with van der Waals surface area (Å²) >= 11 is 3.31. The van der Waals surface area contributed by atoms with Gasteiger partial charge in [-0.2, -0.15) is 8.78 Å². The van der Waals surface area contributed by atoms with Crippen molar-refractivity contribution in [2.24, 2.45) is 0 Å². The van der Waals surface area contributed by atoms with Crippen LogP contribution in [0.1, 0.15) is 12.0 Å². The Morgan fingerprint density at radius 2 is 2.17 bits per heavy atom. The van der Waals surface area contributed by atoms with Crippen LogP contribution in [0.3, 0.4) is 0 Å². The summed E-state index contributed by atoms with van der Waals surface area (Å²) in [6, 6.07) is 4.97. The highest BCUT2D eigenvalue weighted by Crippen LogP contribution is 2.24. The third-order valence-corrected chi connectivity index (χ3v) is 2.75. The Morgan fingerprint density at radius 1 is 1.39 bits per heavy atom. The predicted octanol–water partition coefficient (Wildman–Crippen LogP) is 3.18. The van der Waals surface area contributed by atoms with Crippen LogP contribution in [0.25, 0.3) is 0 Å². The maximum absolute atomic E-state index is 12.2. The number of ether oxygens (including phenoxy) is 2.